The predicted octanol–water partition coefficient (Wildman–Crippen LogP) is 25.0. The highest BCUT2D eigenvalue weighted by atomic mass is 14.2. The van der Waals surface area contributed by atoms with Gasteiger partial charge in [-0.15, -0.1) is 0 Å². The molecule has 0 aliphatic carbocycles. The minimum Gasteiger partial charge on any atom is -0.0955 e. The van der Waals surface area contributed by atoms with Gasteiger partial charge in [0.2, 0.25) is 0 Å². The van der Waals surface area contributed by atoms with Crippen LogP contribution in [0.1, 0.15) is 281 Å². The van der Waals surface area contributed by atoms with Gasteiger partial charge in [0.05, 0.1) is 0 Å². The molecule has 4 aromatic rings. The van der Waals surface area contributed by atoms with Crippen molar-refractivity contribution in [3.8, 4) is 0 Å². The van der Waals surface area contributed by atoms with Crippen LogP contribution in [0, 0.1) is 51.4 Å². The molecule has 4 aromatic carbocycles. The summed E-state index contributed by atoms with van der Waals surface area (Å²) in [5, 5.41) is 3.07. The summed E-state index contributed by atoms with van der Waals surface area (Å²) >= 11 is 0. The molecular formula is C69H128. The van der Waals surface area contributed by atoms with Crippen LogP contribution >= 0.6 is 0 Å². The lowest BCUT2D eigenvalue weighted by molar-refractivity contribution is 0.436. The average Bonchev–Trinajstić information content (AvgIpc) is 3.29. The fourth-order valence-corrected chi connectivity index (χ4v) is 7.49. The molecule has 0 bridgehead atoms. The predicted molar refractivity (Wildman–Crippen MR) is 332 cm³/mol. The van der Waals surface area contributed by atoms with Crippen molar-refractivity contribution in [2.45, 2.75) is 277 Å². The van der Waals surface area contributed by atoms with Gasteiger partial charge >= 0.3 is 0 Å². The molecule has 0 aliphatic heterocycles. The second-order valence-electron chi connectivity index (χ2n) is 20.1. The first-order valence-corrected chi connectivity index (χ1v) is 27.1. The van der Waals surface area contributed by atoms with E-state index in [1.54, 1.807) is 11.1 Å². The van der Waals surface area contributed by atoms with Crippen molar-refractivity contribution in [2.75, 3.05) is 0 Å². The Hall–Kier alpha value is -3.12. The Morgan fingerprint density at radius 1 is 0.464 bits per heavy atom. The Balaban J connectivity index is -0.000000178. The summed E-state index contributed by atoms with van der Waals surface area (Å²) < 4.78 is 0. The molecule has 404 valence electrons. The summed E-state index contributed by atoms with van der Waals surface area (Å²) in [6.45, 7) is 51.0. The number of aryl methyl sites for hydroxylation is 6. The topological polar surface area (TPSA) is 0 Å². The third-order valence-corrected chi connectivity index (χ3v) is 12.0. The highest BCUT2D eigenvalue weighted by molar-refractivity contribution is 5.95. The quantitative estimate of drug-likeness (QED) is 0.0932. The lowest BCUT2D eigenvalue weighted by Gasteiger charge is -2.21. The van der Waals surface area contributed by atoms with Gasteiger partial charge in [-0.2, -0.15) is 0 Å². The molecule has 0 amide bonds. The largest absolute Gasteiger partial charge is 0.0955 e. The van der Waals surface area contributed by atoms with Crippen molar-refractivity contribution in [2.24, 2.45) is 23.7 Å². The fourth-order valence-electron chi connectivity index (χ4n) is 7.49. The number of hydrogen-bond acceptors (Lipinski definition) is 0. The van der Waals surface area contributed by atoms with Crippen LogP contribution in [0.25, 0.3) is 16.3 Å². The van der Waals surface area contributed by atoms with Gasteiger partial charge in [-0.1, -0.05) is 296 Å². The second kappa shape index (κ2) is 51.2. The highest BCUT2D eigenvalue weighted by Crippen LogP contribution is 2.35. The van der Waals surface area contributed by atoms with Crippen LogP contribution in [0.5, 0.6) is 0 Å². The fraction of sp³-hybridized carbons (Fsp3) is 0.652. The van der Waals surface area contributed by atoms with Gasteiger partial charge in [-0.25, -0.2) is 0 Å². The Morgan fingerprint density at radius 3 is 1.00 bits per heavy atom. The van der Waals surface area contributed by atoms with E-state index in [4.69, 9.17) is 0 Å². The molecule has 0 saturated carbocycles. The third-order valence-electron chi connectivity index (χ3n) is 12.0. The third kappa shape index (κ3) is 39.2. The van der Waals surface area contributed by atoms with E-state index in [0.29, 0.717) is 5.92 Å². The maximum Gasteiger partial charge on any atom is -0.0117 e. The maximum absolute atomic E-state index is 3.83. The van der Waals surface area contributed by atoms with E-state index < -0.39 is 0 Å². The Kier molecular flexibility index (Phi) is 59.4. The van der Waals surface area contributed by atoms with E-state index in [1.165, 1.54) is 140 Å². The normalized spacial score (nSPS) is 10.6. The maximum atomic E-state index is 3.83. The van der Waals surface area contributed by atoms with Crippen molar-refractivity contribution in [1.82, 2.24) is 0 Å². The second-order valence-corrected chi connectivity index (χ2v) is 20.1. The summed E-state index contributed by atoms with van der Waals surface area (Å²) in [7, 11) is 0. The number of unbranched alkanes of at least 4 members (excludes halogenated alkanes) is 2. The molecule has 0 radical (unpaired) electrons. The van der Waals surface area contributed by atoms with E-state index >= 15 is 0 Å². The van der Waals surface area contributed by atoms with Gasteiger partial charge in [-0.05, 0) is 145 Å². The molecule has 0 spiro atoms. The van der Waals surface area contributed by atoms with Crippen LogP contribution in [0.3, 0.4) is 0 Å². The molecule has 4 rings (SSSR count). The molecule has 0 heterocycles. The molecular weight excluding hydrogens is 829 g/mol. The van der Waals surface area contributed by atoms with Gasteiger partial charge < -0.3 is 0 Å². The van der Waals surface area contributed by atoms with Crippen LogP contribution in [-0.2, 0) is 12.8 Å². The monoisotopic (exact) mass is 957 g/mol. The highest BCUT2D eigenvalue weighted by Gasteiger charge is 2.16. The van der Waals surface area contributed by atoms with Crippen molar-refractivity contribution in [3.63, 3.8) is 0 Å². The lowest BCUT2D eigenvalue weighted by Crippen LogP contribution is -2.04. The van der Waals surface area contributed by atoms with Crippen LogP contribution in [0.15, 0.2) is 79.4 Å². The Bertz CT molecular complexity index is 1590. The summed E-state index contributed by atoms with van der Waals surface area (Å²) in [6, 6.07) is 25.7. The van der Waals surface area contributed by atoms with Crippen molar-refractivity contribution < 1.29 is 0 Å². The zero-order valence-corrected chi connectivity index (χ0v) is 47.6. The number of benzene rings is 4. The van der Waals surface area contributed by atoms with Gasteiger partial charge in [0, 0.05) is 0 Å². The molecule has 0 heteroatoms. The zero-order valence-electron chi connectivity index (χ0n) is 47.6. The van der Waals surface area contributed by atoms with Gasteiger partial charge in [0.15, 0.2) is 0 Å². The Labute approximate surface area is 439 Å². The van der Waals surface area contributed by atoms with Crippen LogP contribution < -0.4 is 0 Å². The van der Waals surface area contributed by atoms with Gasteiger partial charge in [0.25, 0.3) is 0 Å². The molecule has 2 unspecified atom stereocenters. The van der Waals surface area contributed by atoms with Crippen LogP contribution in [-0.4, -0.2) is 0 Å². The SMILES string of the molecule is C.C.C.C.C=C(C)c1ccccc1.CC.CC(C)c1ccccc1.CCC.CCCC.CCCC.Cc1cc(CCC(C)CCCC(C)C)c(C)c2c(C)cc(CCC(C)CCCC(C)C)c(C)c12. The van der Waals surface area contributed by atoms with Crippen LogP contribution in [0.4, 0.5) is 0 Å². The van der Waals surface area contributed by atoms with Crippen molar-refractivity contribution in [3.05, 3.63) is 124 Å². The standard InChI is InChI=1S/C34H56.C9H12.C9H10.2C4H10.C3H8.C2H6.4CH4/c1-23(2)13-11-15-25(5)17-19-31-21-27(7)34-30(10)32(22-28(8)33(34)29(31)9)20-18-26(6)16-12-14-24(3)4;2*1-8(2)9-6-4-3-5-7-9;2*1-3-4-2;1-3-2;1-2;;;;/h21-26H,11-20H2,1-10H3;3-8H,1-2H3;3-7H,1H2,2H3;2*3-4H2,1-2H3;3H2,1-2H3;1-2H3;4*1H4. The summed E-state index contributed by atoms with van der Waals surface area (Å²) in [5.74, 6) is 3.97. The van der Waals surface area contributed by atoms with E-state index in [9.17, 15) is 0 Å². The lowest BCUT2D eigenvalue weighted by atomic mass is 9.84. The summed E-state index contributed by atoms with van der Waals surface area (Å²) in [4.78, 5) is 0. The molecule has 0 fully saturated rings. The molecule has 0 saturated heterocycles. The molecule has 2 atom stereocenters. The Morgan fingerprint density at radius 2 is 0.768 bits per heavy atom. The van der Waals surface area contributed by atoms with E-state index in [1.807, 2.05) is 45.0 Å². The minimum atomic E-state index is 0. The molecule has 0 aliphatic rings. The van der Waals surface area contributed by atoms with Crippen LogP contribution in [0.2, 0.25) is 0 Å². The van der Waals surface area contributed by atoms with Crippen molar-refractivity contribution in [1.29, 1.82) is 0 Å². The number of hydrogen-bond donors (Lipinski definition) is 0. The van der Waals surface area contributed by atoms with Crippen molar-refractivity contribution >= 4 is 16.3 Å². The minimum absolute atomic E-state index is 0. The number of fused-ring (bicyclic) bond motifs is 1. The first kappa shape index (κ1) is 80.0. The zero-order chi connectivity index (χ0) is 50.3. The summed E-state index contributed by atoms with van der Waals surface area (Å²) in [6.07, 6.45) is 19.9. The average molecular weight is 958 g/mol. The number of allylic oxidation sites excluding steroid dienone is 1. The first-order valence-electron chi connectivity index (χ1n) is 27.1. The van der Waals surface area contributed by atoms with Gasteiger partial charge in [0.1, 0.15) is 0 Å². The molecule has 0 nitrogen and oxygen atoms in total. The van der Waals surface area contributed by atoms with Gasteiger partial charge in [-0.3, -0.25) is 0 Å². The summed E-state index contributed by atoms with van der Waals surface area (Å²) in [5.41, 5.74) is 12.9. The molecule has 69 heavy (non-hydrogen) atoms. The number of rotatable bonds is 18. The molecule has 0 N–H and O–H groups in total. The smallest absolute Gasteiger partial charge is 0.0117 e. The first-order chi connectivity index (χ1) is 30.9. The van der Waals surface area contributed by atoms with E-state index in [2.05, 4.69) is 180 Å². The van der Waals surface area contributed by atoms with E-state index in [-0.39, 0.29) is 29.7 Å². The molecule has 0 aromatic heterocycles. The van der Waals surface area contributed by atoms with E-state index in [0.717, 1.165) is 29.2 Å².